The van der Waals surface area contributed by atoms with E-state index in [0.29, 0.717) is 32.2 Å². The fourth-order valence-electron chi connectivity index (χ4n) is 5.41. The molecule has 1 aliphatic rings. The summed E-state index contributed by atoms with van der Waals surface area (Å²) in [5.74, 6) is -1.71. The van der Waals surface area contributed by atoms with Crippen LogP contribution in [0.3, 0.4) is 0 Å². The van der Waals surface area contributed by atoms with Crippen molar-refractivity contribution in [3.05, 3.63) is 122 Å². The summed E-state index contributed by atoms with van der Waals surface area (Å²) >= 11 is 0. The Morgan fingerprint density at radius 3 is 1.24 bits per heavy atom. The number of carbonyl (C=O) groups excluding carboxylic acids is 3. The van der Waals surface area contributed by atoms with Crippen molar-refractivity contribution in [2.45, 2.75) is 175 Å². The van der Waals surface area contributed by atoms with Crippen LogP contribution in [0.2, 0.25) is 0 Å². The van der Waals surface area contributed by atoms with E-state index in [-0.39, 0.29) is 32.5 Å². The Labute approximate surface area is 377 Å². The molecule has 9 heteroatoms. The number of rotatable bonds is 35. The zero-order valence-corrected chi connectivity index (χ0v) is 39.5. The molecule has 0 aromatic carbocycles. The van der Waals surface area contributed by atoms with Gasteiger partial charge in [0.15, 0.2) is 17.9 Å². The van der Waals surface area contributed by atoms with E-state index in [4.69, 9.17) is 19.9 Å². The molecule has 0 bridgehead atoms. The van der Waals surface area contributed by atoms with Gasteiger partial charge < -0.3 is 19.9 Å². The Morgan fingerprint density at radius 2 is 0.887 bits per heavy atom. The summed E-state index contributed by atoms with van der Waals surface area (Å²) in [6.45, 7) is 11.9. The predicted octanol–water partition coefficient (Wildman–Crippen LogP) is 13.3. The smallest absolute Gasteiger partial charge is 0.331 e. The lowest BCUT2D eigenvalue weighted by atomic mass is 10.0. The fraction of sp³-hybridized carbons (Fsp3) is 0.566. The van der Waals surface area contributed by atoms with Gasteiger partial charge in [-0.05, 0) is 109 Å². The van der Waals surface area contributed by atoms with Crippen LogP contribution in [0.25, 0.3) is 0 Å². The summed E-state index contributed by atoms with van der Waals surface area (Å²) in [5, 5.41) is 2.51. The number of carbonyl (C=O) groups is 3. The summed E-state index contributed by atoms with van der Waals surface area (Å²) in [5.41, 5.74) is 4.12. The number of ether oxygens (including phenoxy) is 3. The summed E-state index contributed by atoms with van der Waals surface area (Å²) in [6, 6.07) is 0. The van der Waals surface area contributed by atoms with Gasteiger partial charge >= 0.3 is 17.9 Å². The van der Waals surface area contributed by atoms with E-state index in [1.54, 1.807) is 0 Å². The minimum absolute atomic E-state index is 0.147. The molecule has 0 aromatic heterocycles. The number of hydrogen-bond acceptors (Lipinski definition) is 8. The quantitative estimate of drug-likeness (QED) is 0.0161. The number of alkyl halides is 1. The molecule has 1 saturated heterocycles. The molecular weight excluding hydrogens is 780 g/mol. The van der Waals surface area contributed by atoms with Crippen LogP contribution >= 0.6 is 0 Å². The van der Waals surface area contributed by atoms with Gasteiger partial charge in [0.25, 0.3) is 0 Å². The molecule has 3 atom stereocenters. The minimum atomic E-state index is -1.52. The van der Waals surface area contributed by atoms with Crippen molar-refractivity contribution < 1.29 is 33.0 Å². The highest BCUT2D eigenvalue weighted by molar-refractivity contribution is 5.85. The van der Waals surface area contributed by atoms with E-state index >= 15 is 0 Å². The third kappa shape index (κ3) is 36.3. The normalized spacial score (nSPS) is 17.1. The van der Waals surface area contributed by atoms with Gasteiger partial charge in [0, 0.05) is 12.8 Å². The average molecular weight is 865 g/mol. The summed E-state index contributed by atoms with van der Waals surface area (Å²) in [4.78, 5) is 37.9. The molecule has 8 nitrogen and oxygen atoms in total. The molecule has 62 heavy (non-hydrogen) atoms. The lowest BCUT2D eigenvalue weighted by Gasteiger charge is -2.20. The first kappa shape index (κ1) is 59.8. The van der Waals surface area contributed by atoms with Crippen molar-refractivity contribution in [2.24, 2.45) is 5.73 Å². The number of esters is 3. The predicted molar refractivity (Wildman–Crippen MR) is 260 cm³/mol. The zero-order valence-electron chi connectivity index (χ0n) is 39.5. The maximum absolute atomic E-state index is 14.1. The van der Waals surface area contributed by atoms with Gasteiger partial charge in [-0.25, -0.2) is 9.18 Å². The van der Waals surface area contributed by atoms with E-state index in [9.17, 15) is 18.8 Å². The first-order valence-electron chi connectivity index (χ1n) is 23.5. The van der Waals surface area contributed by atoms with Crippen molar-refractivity contribution >= 4 is 17.9 Å². The second-order valence-electron chi connectivity index (χ2n) is 14.0. The molecule has 0 aliphatic carbocycles. The highest BCUT2D eigenvalue weighted by atomic mass is 19.1. The topological polar surface area (TPSA) is 127 Å². The Morgan fingerprint density at radius 1 is 0.548 bits per heavy atom. The van der Waals surface area contributed by atoms with Crippen LogP contribution in [0.4, 0.5) is 4.39 Å². The Balaban J connectivity index is 0. The van der Waals surface area contributed by atoms with Crippen LogP contribution in [-0.2, 0) is 28.6 Å². The molecule has 0 aromatic rings. The average Bonchev–Trinajstić information content (AvgIpc) is 3.96. The number of halogens is 1. The molecule has 3 N–H and O–H groups in total. The van der Waals surface area contributed by atoms with Gasteiger partial charge in [-0.2, -0.15) is 0 Å². The first-order chi connectivity index (χ1) is 30.4. The molecule has 1 fully saturated rings. The Kier molecular flexibility index (Phi) is 44.5. The second-order valence-corrected chi connectivity index (χ2v) is 14.0. The van der Waals surface area contributed by atoms with Crippen molar-refractivity contribution in [3.63, 3.8) is 0 Å². The Hall–Kier alpha value is -4.34. The van der Waals surface area contributed by atoms with Crippen LogP contribution in [0, 0.1) is 0 Å². The van der Waals surface area contributed by atoms with Gasteiger partial charge in [0.2, 0.25) is 0 Å². The lowest BCUT2D eigenvalue weighted by Crippen LogP contribution is -2.36. The fourth-order valence-corrected chi connectivity index (χ4v) is 5.41. The van der Waals surface area contributed by atoms with Crippen molar-refractivity contribution in [3.8, 4) is 0 Å². The molecule has 0 amide bonds. The summed E-state index contributed by atoms with van der Waals surface area (Å²) in [7, 11) is 0. The molecule has 0 spiro atoms. The first-order valence-corrected chi connectivity index (χ1v) is 23.5. The third-order valence-corrected chi connectivity index (χ3v) is 8.82. The molecule has 0 saturated carbocycles. The molecule has 350 valence electrons. The summed E-state index contributed by atoms with van der Waals surface area (Å²) < 4.78 is 30.4. The number of hydrogen-bond donors (Lipinski definition) is 2. The van der Waals surface area contributed by atoms with Crippen LogP contribution in [0.1, 0.15) is 157 Å². The van der Waals surface area contributed by atoms with E-state index in [0.717, 1.165) is 70.6 Å². The number of allylic oxidation sites excluding steroid dienone is 20. The number of nitrogens with one attached hydrogen (secondary N) is 1. The largest absolute Gasteiger partial charge is 0.462 e. The zero-order chi connectivity index (χ0) is 46.2. The maximum atomic E-state index is 14.1. The van der Waals surface area contributed by atoms with Gasteiger partial charge in [-0.15, -0.1) is 0 Å². The molecule has 1 heterocycles. The summed E-state index contributed by atoms with van der Waals surface area (Å²) in [6.07, 6.45) is 53.2. The van der Waals surface area contributed by atoms with Crippen molar-refractivity contribution in [1.29, 1.82) is 0 Å². The van der Waals surface area contributed by atoms with Gasteiger partial charge in [-0.3, -0.25) is 14.9 Å². The van der Waals surface area contributed by atoms with E-state index in [1.807, 2.05) is 39.8 Å². The molecule has 0 radical (unpaired) electrons. The number of nitrogens with two attached hydrogens (primary N) is 1. The van der Waals surface area contributed by atoms with Crippen molar-refractivity contribution in [2.75, 3.05) is 19.8 Å². The molecule has 3 unspecified atom stereocenters. The number of unbranched alkanes of at least 4 members (excludes halogenated alkanes) is 2. The minimum Gasteiger partial charge on any atom is -0.462 e. The van der Waals surface area contributed by atoms with Crippen LogP contribution in [-0.4, -0.2) is 55.6 Å². The van der Waals surface area contributed by atoms with Crippen LogP contribution < -0.4 is 11.1 Å². The van der Waals surface area contributed by atoms with E-state index < -0.39 is 35.8 Å². The Bertz CT molecular complexity index is 1410. The highest BCUT2D eigenvalue weighted by Gasteiger charge is 2.61. The molecule has 1 aliphatic heterocycles. The second kappa shape index (κ2) is 46.2. The van der Waals surface area contributed by atoms with Gasteiger partial charge in [-0.1, -0.05) is 163 Å². The SMILES string of the molecule is CC.CC.CC/C=C\C/C=C\C/C=C\C/C=C\C/C=C\CCCC(=O)OCC(COC(=O)C1(CCCN)NC1F)OC(=O)CCC/C=C\C/C=C\C/C=C\C/C=C\C/C=C\CC. The van der Waals surface area contributed by atoms with Gasteiger partial charge in [0.1, 0.15) is 13.2 Å². The highest BCUT2D eigenvalue weighted by Crippen LogP contribution is 2.34. The molecular formula is C53H85FN2O6. The van der Waals surface area contributed by atoms with Gasteiger partial charge in [0.05, 0.1) is 0 Å². The van der Waals surface area contributed by atoms with E-state index in [1.165, 1.54) is 0 Å². The van der Waals surface area contributed by atoms with Crippen LogP contribution in [0.15, 0.2) is 122 Å². The van der Waals surface area contributed by atoms with Crippen molar-refractivity contribution in [1.82, 2.24) is 5.32 Å². The van der Waals surface area contributed by atoms with E-state index in [2.05, 4.69) is 129 Å². The van der Waals surface area contributed by atoms with Crippen LogP contribution in [0.5, 0.6) is 0 Å². The monoisotopic (exact) mass is 865 g/mol. The molecule has 1 rings (SSSR count). The maximum Gasteiger partial charge on any atom is 0.331 e. The third-order valence-electron chi connectivity index (χ3n) is 8.82. The lowest BCUT2D eigenvalue weighted by molar-refractivity contribution is -0.168. The standard InChI is InChI=1S/C49H73FN2O6.2C2H6/c1-3-5-7-9-11-13-15-17-19-21-23-25-27-29-31-33-35-38-45(53)56-42-44(43-57-48(55)49(40-37-41-51)47(50)52-49)58-46(54)39-36-34-32-30-28-26-24-22-20-18-16-14-12-10-8-6-4-2;2*1-2/h5-8,11-14,17-20,23-26,29-32,44,47,52H,3-4,9-10,15-16,21-22,27-28,33-43,51H2,1-2H3;2*1-2H3/b7-5-,8-6-,13-11-,14-12-,19-17-,20-18-,25-23-,26-24-,31-29-,32-30-;;.